The van der Waals surface area contributed by atoms with E-state index >= 15 is 0 Å². The van der Waals surface area contributed by atoms with Crippen LogP contribution in [0.15, 0.2) is 23.2 Å². The molecule has 2 rings (SSSR count). The first kappa shape index (κ1) is 21.9. The van der Waals surface area contributed by atoms with E-state index in [1.165, 1.54) is 13.2 Å². The molecular formula is C20H32FN5O2. The van der Waals surface area contributed by atoms with Crippen LogP contribution in [0.5, 0.6) is 0 Å². The van der Waals surface area contributed by atoms with Crippen molar-refractivity contribution in [1.82, 2.24) is 20.4 Å². The van der Waals surface area contributed by atoms with Gasteiger partial charge in [-0.25, -0.2) is 14.2 Å². The Morgan fingerprint density at radius 3 is 2.68 bits per heavy atom. The molecule has 0 atom stereocenters. The Labute approximate surface area is 166 Å². The molecule has 156 valence electrons. The molecule has 0 saturated carbocycles. The summed E-state index contributed by atoms with van der Waals surface area (Å²) in [5.41, 5.74) is 1.64. The second kappa shape index (κ2) is 10.8. The number of nitrogens with one attached hydrogen (secondary N) is 2. The van der Waals surface area contributed by atoms with Crippen molar-refractivity contribution in [3.05, 3.63) is 35.1 Å². The van der Waals surface area contributed by atoms with Crippen LogP contribution in [0.2, 0.25) is 0 Å². The van der Waals surface area contributed by atoms with Gasteiger partial charge >= 0.3 is 6.09 Å². The third-order valence-electron chi connectivity index (χ3n) is 4.63. The van der Waals surface area contributed by atoms with Gasteiger partial charge in [0.25, 0.3) is 0 Å². The molecule has 28 heavy (non-hydrogen) atoms. The number of rotatable bonds is 6. The van der Waals surface area contributed by atoms with Crippen LogP contribution in [0.4, 0.5) is 9.18 Å². The van der Waals surface area contributed by atoms with Gasteiger partial charge in [-0.15, -0.1) is 0 Å². The van der Waals surface area contributed by atoms with Crippen LogP contribution in [0, 0.1) is 5.82 Å². The zero-order valence-corrected chi connectivity index (χ0v) is 17.3. The highest BCUT2D eigenvalue weighted by Gasteiger charge is 2.23. The molecule has 1 saturated heterocycles. The molecule has 0 radical (unpaired) electrons. The van der Waals surface area contributed by atoms with E-state index in [-0.39, 0.29) is 18.0 Å². The zero-order valence-electron chi connectivity index (χ0n) is 17.3. The predicted octanol–water partition coefficient (Wildman–Crippen LogP) is 2.17. The molecule has 2 N–H and O–H groups in total. The number of hydrogen-bond acceptors (Lipinski definition) is 4. The SMILES string of the molecule is CCNC(=NCc1ccc(F)c(CN(C)C)c1)NC1CCN(C(=O)OC)CC1. The molecule has 1 amide bonds. The number of carbonyl (C=O) groups is 1. The van der Waals surface area contributed by atoms with Gasteiger partial charge in [-0.05, 0) is 51.6 Å². The van der Waals surface area contributed by atoms with Crippen LogP contribution >= 0.6 is 0 Å². The lowest BCUT2D eigenvalue weighted by molar-refractivity contribution is 0.111. The monoisotopic (exact) mass is 393 g/mol. The number of aliphatic imine (C=N–C) groups is 1. The second-order valence-electron chi connectivity index (χ2n) is 7.23. The first-order valence-corrected chi connectivity index (χ1v) is 9.72. The van der Waals surface area contributed by atoms with Crippen molar-refractivity contribution >= 4 is 12.1 Å². The van der Waals surface area contributed by atoms with Crippen molar-refractivity contribution < 1.29 is 13.9 Å². The lowest BCUT2D eigenvalue weighted by Crippen LogP contribution is -2.49. The van der Waals surface area contributed by atoms with E-state index < -0.39 is 0 Å². The molecule has 1 aliphatic heterocycles. The Morgan fingerprint density at radius 1 is 1.36 bits per heavy atom. The number of nitrogens with zero attached hydrogens (tertiary/aromatic N) is 3. The number of piperidine rings is 1. The first-order chi connectivity index (χ1) is 13.4. The van der Waals surface area contributed by atoms with Crippen LogP contribution in [0.1, 0.15) is 30.9 Å². The number of ether oxygens (including phenoxy) is 1. The summed E-state index contributed by atoms with van der Waals surface area (Å²) in [7, 11) is 5.24. The largest absolute Gasteiger partial charge is 0.453 e. The molecule has 1 fully saturated rings. The maximum Gasteiger partial charge on any atom is 0.409 e. The highest BCUT2D eigenvalue weighted by atomic mass is 19.1. The van der Waals surface area contributed by atoms with Crippen molar-refractivity contribution in [2.75, 3.05) is 40.8 Å². The van der Waals surface area contributed by atoms with E-state index in [0.29, 0.717) is 31.7 Å². The molecule has 0 aliphatic carbocycles. The minimum atomic E-state index is -0.274. The molecule has 1 aromatic rings. The summed E-state index contributed by atoms with van der Waals surface area (Å²) in [4.78, 5) is 19.9. The Kier molecular flexibility index (Phi) is 8.50. The number of carbonyl (C=O) groups excluding carboxylic acids is 1. The van der Waals surface area contributed by atoms with Crippen LogP contribution in [0.3, 0.4) is 0 Å². The molecule has 0 unspecified atom stereocenters. The van der Waals surface area contributed by atoms with Crippen molar-refractivity contribution in [2.45, 2.75) is 38.9 Å². The standard InChI is InChI=1S/C20H32FN5O2/c1-5-22-19(24-17-8-10-26(11-9-17)20(27)28-4)23-13-15-6-7-18(21)16(12-15)14-25(2)3/h6-7,12,17H,5,8-11,13-14H2,1-4H3,(H2,22,23,24). The average Bonchev–Trinajstić information content (AvgIpc) is 2.68. The molecule has 8 heteroatoms. The molecule has 1 aliphatic rings. The number of likely N-dealkylation sites (tertiary alicyclic amines) is 1. The van der Waals surface area contributed by atoms with Gasteiger partial charge in [-0.3, -0.25) is 0 Å². The highest BCUT2D eigenvalue weighted by molar-refractivity contribution is 5.80. The Hall–Kier alpha value is -2.35. The van der Waals surface area contributed by atoms with E-state index in [4.69, 9.17) is 4.74 Å². The Morgan fingerprint density at radius 2 is 2.07 bits per heavy atom. The number of halogens is 1. The third kappa shape index (κ3) is 6.67. The summed E-state index contributed by atoms with van der Waals surface area (Å²) >= 11 is 0. The summed E-state index contributed by atoms with van der Waals surface area (Å²) in [6.07, 6.45) is 1.40. The van der Waals surface area contributed by atoms with E-state index in [0.717, 1.165) is 30.9 Å². The fourth-order valence-corrected chi connectivity index (χ4v) is 3.21. The van der Waals surface area contributed by atoms with Gasteiger partial charge in [-0.1, -0.05) is 6.07 Å². The fraction of sp³-hybridized carbons (Fsp3) is 0.600. The molecule has 1 heterocycles. The highest BCUT2D eigenvalue weighted by Crippen LogP contribution is 2.14. The Balaban J connectivity index is 1.96. The van der Waals surface area contributed by atoms with Gasteiger partial charge in [0.1, 0.15) is 5.82 Å². The molecule has 0 bridgehead atoms. The average molecular weight is 394 g/mol. The van der Waals surface area contributed by atoms with Gasteiger partial charge in [0.2, 0.25) is 0 Å². The van der Waals surface area contributed by atoms with Crippen molar-refractivity contribution in [2.24, 2.45) is 4.99 Å². The van der Waals surface area contributed by atoms with Crippen molar-refractivity contribution in [3.63, 3.8) is 0 Å². The second-order valence-corrected chi connectivity index (χ2v) is 7.23. The van der Waals surface area contributed by atoms with Crippen molar-refractivity contribution in [3.8, 4) is 0 Å². The smallest absolute Gasteiger partial charge is 0.409 e. The number of amides is 1. The topological polar surface area (TPSA) is 69.2 Å². The van der Waals surface area contributed by atoms with Crippen LogP contribution in [-0.4, -0.2) is 68.7 Å². The first-order valence-electron chi connectivity index (χ1n) is 9.72. The van der Waals surface area contributed by atoms with Crippen LogP contribution < -0.4 is 10.6 Å². The van der Waals surface area contributed by atoms with E-state index in [2.05, 4.69) is 15.6 Å². The summed E-state index contributed by atoms with van der Waals surface area (Å²) in [6.45, 7) is 5.12. The quantitative estimate of drug-likeness (QED) is 0.573. The minimum absolute atomic E-state index is 0.191. The number of methoxy groups -OCH3 is 1. The zero-order chi connectivity index (χ0) is 20.5. The van der Waals surface area contributed by atoms with Gasteiger partial charge in [0.15, 0.2) is 5.96 Å². The molecule has 7 nitrogen and oxygen atoms in total. The Bertz CT molecular complexity index is 673. The summed E-state index contributed by atoms with van der Waals surface area (Å²) < 4.78 is 18.7. The number of benzene rings is 1. The van der Waals surface area contributed by atoms with Gasteiger partial charge in [-0.2, -0.15) is 0 Å². The van der Waals surface area contributed by atoms with E-state index in [1.54, 1.807) is 11.0 Å². The van der Waals surface area contributed by atoms with Gasteiger partial charge in [0.05, 0.1) is 13.7 Å². The van der Waals surface area contributed by atoms with Crippen LogP contribution in [0.25, 0.3) is 0 Å². The van der Waals surface area contributed by atoms with Gasteiger partial charge in [0, 0.05) is 37.8 Å². The van der Waals surface area contributed by atoms with E-state index in [9.17, 15) is 9.18 Å². The lowest BCUT2D eigenvalue weighted by atomic mass is 10.1. The number of hydrogen-bond donors (Lipinski definition) is 2. The summed E-state index contributed by atoms with van der Waals surface area (Å²) in [5.74, 6) is 0.543. The summed E-state index contributed by atoms with van der Waals surface area (Å²) in [5, 5.41) is 6.70. The molecule has 1 aromatic carbocycles. The lowest BCUT2D eigenvalue weighted by Gasteiger charge is -2.32. The van der Waals surface area contributed by atoms with E-state index in [1.807, 2.05) is 32.0 Å². The molecule has 0 aromatic heterocycles. The maximum atomic E-state index is 13.9. The van der Waals surface area contributed by atoms with Crippen LogP contribution in [-0.2, 0) is 17.8 Å². The van der Waals surface area contributed by atoms with Crippen molar-refractivity contribution in [1.29, 1.82) is 0 Å². The fourth-order valence-electron chi connectivity index (χ4n) is 3.21. The number of guanidine groups is 1. The maximum absolute atomic E-state index is 13.9. The minimum Gasteiger partial charge on any atom is -0.453 e. The van der Waals surface area contributed by atoms with Gasteiger partial charge < -0.3 is 25.2 Å². The molecular weight excluding hydrogens is 361 g/mol. The summed E-state index contributed by atoms with van der Waals surface area (Å²) in [6, 6.07) is 5.40. The predicted molar refractivity (Wildman–Crippen MR) is 109 cm³/mol. The molecule has 0 spiro atoms. The normalized spacial score (nSPS) is 15.6. The third-order valence-corrected chi connectivity index (χ3v) is 4.63.